The minimum Gasteiger partial charge on any atom is -0.482 e. The number of carbonyl (C=O) groups is 1. The molecule has 5 nitrogen and oxygen atoms in total. The lowest BCUT2D eigenvalue weighted by molar-refractivity contribution is -0.118. The molecule has 2 N–H and O–H groups in total. The van der Waals surface area contributed by atoms with Crippen LogP contribution < -0.4 is 15.4 Å². The molecule has 3 rings (SSSR count). The molecule has 0 aliphatic carbocycles. The summed E-state index contributed by atoms with van der Waals surface area (Å²) in [6.07, 6.45) is 0. The Morgan fingerprint density at radius 1 is 1.44 bits per heavy atom. The number of nitrogens with one attached hydrogen (secondary N) is 2. The quantitative estimate of drug-likeness (QED) is 0.850. The number of fused-ring (bicyclic) bond motifs is 1. The van der Waals surface area contributed by atoms with Gasteiger partial charge in [0.25, 0.3) is 5.91 Å². The summed E-state index contributed by atoms with van der Waals surface area (Å²) >= 11 is 0. The standard InChI is InChI=1S/C13H16N2O3/c1-13(7-17-8-13)6-14-9-2-3-11-10(4-9)15-12(16)5-18-11/h2-4,14H,5-8H2,1H3,(H,15,16). The number of anilines is 2. The first-order valence-electron chi connectivity index (χ1n) is 6.03. The number of carbonyl (C=O) groups excluding carboxylic acids is 1. The maximum atomic E-state index is 11.2. The second kappa shape index (κ2) is 4.17. The maximum Gasteiger partial charge on any atom is 0.262 e. The molecule has 0 saturated carbocycles. The largest absolute Gasteiger partial charge is 0.482 e. The highest BCUT2D eigenvalue weighted by molar-refractivity contribution is 5.96. The Morgan fingerprint density at radius 2 is 2.28 bits per heavy atom. The zero-order chi connectivity index (χ0) is 12.6. The van der Waals surface area contributed by atoms with Crippen molar-refractivity contribution in [3.8, 4) is 5.75 Å². The molecule has 18 heavy (non-hydrogen) atoms. The van der Waals surface area contributed by atoms with Crippen molar-refractivity contribution in [3.05, 3.63) is 18.2 Å². The molecule has 0 spiro atoms. The van der Waals surface area contributed by atoms with E-state index in [1.807, 2.05) is 18.2 Å². The van der Waals surface area contributed by atoms with Crippen LogP contribution >= 0.6 is 0 Å². The zero-order valence-electron chi connectivity index (χ0n) is 10.3. The number of hydrogen-bond acceptors (Lipinski definition) is 4. The molecule has 1 aromatic rings. The van der Waals surface area contributed by atoms with Gasteiger partial charge in [0.2, 0.25) is 0 Å². The summed E-state index contributed by atoms with van der Waals surface area (Å²) < 4.78 is 10.5. The Bertz CT molecular complexity index is 483. The van der Waals surface area contributed by atoms with Gasteiger partial charge in [0.1, 0.15) is 5.75 Å². The molecule has 5 heteroatoms. The smallest absolute Gasteiger partial charge is 0.262 e. The molecule has 0 bridgehead atoms. The van der Waals surface area contributed by atoms with E-state index in [0.717, 1.165) is 36.9 Å². The number of benzene rings is 1. The van der Waals surface area contributed by atoms with E-state index in [9.17, 15) is 4.79 Å². The van der Waals surface area contributed by atoms with Crippen LogP contribution in [-0.4, -0.2) is 32.3 Å². The van der Waals surface area contributed by atoms with Gasteiger partial charge in [-0.3, -0.25) is 4.79 Å². The van der Waals surface area contributed by atoms with Crippen molar-refractivity contribution in [2.45, 2.75) is 6.92 Å². The summed E-state index contributed by atoms with van der Waals surface area (Å²) in [6.45, 7) is 4.73. The molecule has 1 amide bonds. The van der Waals surface area contributed by atoms with Crippen LogP contribution in [0.25, 0.3) is 0 Å². The summed E-state index contributed by atoms with van der Waals surface area (Å²) in [5.74, 6) is 0.609. The molecule has 2 aliphatic heterocycles. The van der Waals surface area contributed by atoms with Gasteiger partial charge in [0.05, 0.1) is 18.9 Å². The Labute approximate surface area is 105 Å². The second-order valence-corrected chi connectivity index (χ2v) is 5.20. The van der Waals surface area contributed by atoms with Crippen LogP contribution in [0.15, 0.2) is 18.2 Å². The molecular formula is C13H16N2O3. The minimum atomic E-state index is -0.112. The first kappa shape index (κ1) is 11.3. The molecule has 0 radical (unpaired) electrons. The van der Waals surface area contributed by atoms with E-state index in [2.05, 4.69) is 17.6 Å². The van der Waals surface area contributed by atoms with Crippen molar-refractivity contribution in [3.63, 3.8) is 0 Å². The van der Waals surface area contributed by atoms with Crippen LogP contribution in [0.5, 0.6) is 5.75 Å². The monoisotopic (exact) mass is 248 g/mol. The third kappa shape index (κ3) is 2.13. The fourth-order valence-corrected chi connectivity index (χ4v) is 2.06. The molecular weight excluding hydrogens is 232 g/mol. The Hall–Kier alpha value is -1.75. The van der Waals surface area contributed by atoms with Crippen LogP contribution in [0.2, 0.25) is 0 Å². The van der Waals surface area contributed by atoms with Gasteiger partial charge in [-0.1, -0.05) is 6.92 Å². The van der Waals surface area contributed by atoms with E-state index in [4.69, 9.17) is 9.47 Å². The first-order valence-corrected chi connectivity index (χ1v) is 6.03. The summed E-state index contributed by atoms with van der Waals surface area (Å²) in [4.78, 5) is 11.2. The summed E-state index contributed by atoms with van der Waals surface area (Å²) in [5, 5.41) is 6.16. The number of amides is 1. The van der Waals surface area contributed by atoms with Gasteiger partial charge in [0, 0.05) is 17.6 Å². The van der Waals surface area contributed by atoms with E-state index in [-0.39, 0.29) is 17.9 Å². The van der Waals surface area contributed by atoms with E-state index in [1.165, 1.54) is 0 Å². The lowest BCUT2D eigenvalue weighted by atomic mass is 9.88. The van der Waals surface area contributed by atoms with Crippen molar-refractivity contribution >= 4 is 17.3 Å². The molecule has 1 saturated heterocycles. The number of hydrogen-bond donors (Lipinski definition) is 2. The summed E-state index contributed by atoms with van der Waals surface area (Å²) in [5.41, 5.74) is 1.93. The Morgan fingerprint density at radius 3 is 3.00 bits per heavy atom. The molecule has 2 aliphatic rings. The van der Waals surface area contributed by atoms with E-state index < -0.39 is 0 Å². The van der Waals surface area contributed by atoms with Crippen molar-refractivity contribution < 1.29 is 14.3 Å². The zero-order valence-corrected chi connectivity index (χ0v) is 10.3. The average molecular weight is 248 g/mol. The molecule has 0 atom stereocenters. The predicted octanol–water partition coefficient (Wildman–Crippen LogP) is 1.47. The molecule has 1 fully saturated rings. The highest BCUT2D eigenvalue weighted by Gasteiger charge is 2.33. The van der Waals surface area contributed by atoms with Crippen LogP contribution in [0.4, 0.5) is 11.4 Å². The molecule has 1 aromatic carbocycles. The SMILES string of the molecule is CC1(CNc2ccc3c(c2)NC(=O)CO3)COC1. The number of rotatable bonds is 3. The molecule has 0 unspecified atom stereocenters. The predicted molar refractivity (Wildman–Crippen MR) is 68.0 cm³/mol. The fraction of sp³-hybridized carbons (Fsp3) is 0.462. The van der Waals surface area contributed by atoms with Crippen LogP contribution in [-0.2, 0) is 9.53 Å². The van der Waals surface area contributed by atoms with Crippen molar-refractivity contribution in [1.82, 2.24) is 0 Å². The average Bonchev–Trinajstić information content (AvgIpc) is 2.33. The van der Waals surface area contributed by atoms with Gasteiger partial charge >= 0.3 is 0 Å². The van der Waals surface area contributed by atoms with Crippen molar-refractivity contribution in [2.75, 3.05) is 37.0 Å². The topological polar surface area (TPSA) is 59.6 Å². The van der Waals surface area contributed by atoms with Crippen molar-refractivity contribution in [2.24, 2.45) is 5.41 Å². The van der Waals surface area contributed by atoms with Crippen LogP contribution in [0.3, 0.4) is 0 Å². The van der Waals surface area contributed by atoms with Gasteiger partial charge in [0.15, 0.2) is 6.61 Å². The highest BCUT2D eigenvalue weighted by atomic mass is 16.5. The summed E-state index contributed by atoms with van der Waals surface area (Å²) in [6, 6.07) is 5.73. The van der Waals surface area contributed by atoms with Gasteiger partial charge in [-0.25, -0.2) is 0 Å². The van der Waals surface area contributed by atoms with Gasteiger partial charge in [-0.15, -0.1) is 0 Å². The first-order chi connectivity index (χ1) is 8.65. The normalized spacial score (nSPS) is 20.2. The highest BCUT2D eigenvalue weighted by Crippen LogP contribution is 2.32. The maximum absolute atomic E-state index is 11.2. The van der Waals surface area contributed by atoms with E-state index >= 15 is 0 Å². The number of ether oxygens (including phenoxy) is 2. The molecule has 0 aromatic heterocycles. The summed E-state index contributed by atoms with van der Waals surface area (Å²) in [7, 11) is 0. The fourth-order valence-electron chi connectivity index (χ4n) is 2.06. The molecule has 96 valence electrons. The van der Waals surface area contributed by atoms with Gasteiger partial charge in [-0.2, -0.15) is 0 Å². The second-order valence-electron chi connectivity index (χ2n) is 5.20. The van der Waals surface area contributed by atoms with Crippen LogP contribution in [0.1, 0.15) is 6.92 Å². The lowest BCUT2D eigenvalue weighted by Crippen LogP contribution is -2.45. The van der Waals surface area contributed by atoms with Gasteiger partial charge in [-0.05, 0) is 18.2 Å². The van der Waals surface area contributed by atoms with Crippen LogP contribution in [0, 0.1) is 5.41 Å². The minimum absolute atomic E-state index is 0.0924. The third-order valence-electron chi connectivity index (χ3n) is 3.23. The van der Waals surface area contributed by atoms with E-state index in [0.29, 0.717) is 0 Å². The van der Waals surface area contributed by atoms with E-state index in [1.54, 1.807) is 0 Å². The Kier molecular flexibility index (Phi) is 2.63. The Balaban J connectivity index is 1.69. The van der Waals surface area contributed by atoms with Crippen molar-refractivity contribution in [1.29, 1.82) is 0 Å². The third-order valence-corrected chi connectivity index (χ3v) is 3.23. The molecule has 2 heterocycles. The lowest BCUT2D eigenvalue weighted by Gasteiger charge is -2.38. The van der Waals surface area contributed by atoms with Gasteiger partial charge < -0.3 is 20.1 Å².